The average Bonchev–Trinajstić information content (AvgIpc) is 2.83. The summed E-state index contributed by atoms with van der Waals surface area (Å²) in [7, 11) is -3.77. The third-order valence-electron chi connectivity index (χ3n) is 5.23. The largest absolute Gasteiger partial charge is 0.510 e. The van der Waals surface area contributed by atoms with E-state index in [9.17, 15) is 38.3 Å². The molecule has 18 heteroatoms. The summed E-state index contributed by atoms with van der Waals surface area (Å²) in [4.78, 5) is 49.4. The molecular weight excluding hydrogens is 564 g/mol. The van der Waals surface area contributed by atoms with Crippen LogP contribution in [0.5, 0.6) is 0 Å². The average molecular weight is 602 g/mol. The van der Waals surface area contributed by atoms with Gasteiger partial charge in [0.1, 0.15) is 18.8 Å². The number of esters is 1. The summed E-state index contributed by atoms with van der Waals surface area (Å²) < 4.78 is 58.3. The smallest absolute Gasteiger partial charge is 0.462 e. The Labute approximate surface area is 229 Å². The van der Waals surface area contributed by atoms with Crippen LogP contribution in [-0.4, -0.2) is 89.0 Å². The lowest BCUT2D eigenvalue weighted by Gasteiger charge is -2.42. The lowest BCUT2D eigenvalue weighted by atomic mass is 9.90. The van der Waals surface area contributed by atoms with Crippen molar-refractivity contribution < 1.29 is 56.8 Å². The molecule has 230 valence electrons. The number of aliphatic hydroxyl groups excluding tert-OH is 1. The van der Waals surface area contributed by atoms with Crippen molar-refractivity contribution in [2.45, 2.75) is 77.2 Å². The normalized spacial score (nSPS) is 17.8. The molecule has 1 rings (SSSR count). The van der Waals surface area contributed by atoms with Gasteiger partial charge in [0.05, 0.1) is 18.8 Å². The first-order chi connectivity index (χ1) is 18.4. The molecule has 16 nitrogen and oxygen atoms in total. The zero-order valence-corrected chi connectivity index (χ0v) is 24.1. The van der Waals surface area contributed by atoms with Gasteiger partial charge >= 0.3 is 25.6 Å². The van der Waals surface area contributed by atoms with E-state index in [-0.39, 0.29) is 0 Å². The fourth-order valence-electron chi connectivity index (χ4n) is 3.12. The van der Waals surface area contributed by atoms with E-state index < -0.39 is 86.9 Å². The van der Waals surface area contributed by atoms with Gasteiger partial charge in [0.2, 0.25) is 6.79 Å². The van der Waals surface area contributed by atoms with Gasteiger partial charge in [0, 0.05) is 19.4 Å². The Hall–Kier alpha value is -2.66. The summed E-state index contributed by atoms with van der Waals surface area (Å²) in [6.45, 7) is 4.71. The second-order valence-corrected chi connectivity index (χ2v) is 11.1. The highest BCUT2D eigenvalue weighted by Gasteiger charge is 2.51. The number of ether oxygens (including phenoxy) is 4. The number of nitrogens with one attached hydrogen (secondary N) is 2. The number of hydrogen-bond acceptors (Lipinski definition) is 13. The van der Waals surface area contributed by atoms with Gasteiger partial charge in [-0.3, -0.25) is 28.2 Å². The quantitative estimate of drug-likeness (QED) is 0.115. The number of nitrogens with zero attached hydrogens (tertiary/aromatic N) is 1. The number of aromatic nitrogens is 2. The molecule has 0 fully saturated rings. The standard InChI is InChI=1S/C22H37FN3O13P/c1-13(2)38-17(28)15(5)25-40(33,37-12-35-20(31)39-14(3)4)36-11-22(10-23,34-7)18(29)21(6,32)26-9-8-16(27)24-19(26)30/h8-9,13-15,18,29,32H,10-12H2,1-7H3,(H,25,33)(H,24,27,30)/t15?,18-,21+,22+,40?/m0/s1. The number of halogens is 1. The van der Waals surface area contributed by atoms with Crippen molar-refractivity contribution in [1.82, 2.24) is 14.6 Å². The summed E-state index contributed by atoms with van der Waals surface area (Å²) in [6.07, 6.45) is -3.70. The Balaban J connectivity index is 3.27. The maximum absolute atomic E-state index is 14.4. The van der Waals surface area contributed by atoms with Crippen LogP contribution in [0.4, 0.5) is 9.18 Å². The van der Waals surface area contributed by atoms with Gasteiger partial charge in [-0.15, -0.1) is 0 Å². The molecule has 1 aromatic rings. The molecule has 0 saturated carbocycles. The van der Waals surface area contributed by atoms with Crippen molar-refractivity contribution in [3.05, 3.63) is 33.1 Å². The molecule has 40 heavy (non-hydrogen) atoms. The summed E-state index contributed by atoms with van der Waals surface area (Å²) in [5.74, 6) is -0.869. The number of carbonyl (C=O) groups excluding carboxylic acids is 2. The molecule has 0 aliphatic carbocycles. The van der Waals surface area contributed by atoms with E-state index in [0.717, 1.165) is 26.3 Å². The first kappa shape index (κ1) is 35.4. The summed E-state index contributed by atoms with van der Waals surface area (Å²) >= 11 is 0. The van der Waals surface area contributed by atoms with Crippen molar-refractivity contribution >= 4 is 19.9 Å². The number of H-pyrrole nitrogens is 1. The topological polar surface area (TPSA) is 214 Å². The number of hydrogen-bond donors (Lipinski definition) is 4. The third-order valence-corrected chi connectivity index (χ3v) is 6.85. The van der Waals surface area contributed by atoms with E-state index in [4.69, 9.17) is 23.3 Å². The lowest BCUT2D eigenvalue weighted by molar-refractivity contribution is -0.227. The minimum absolute atomic E-state index is 0.509. The Morgan fingerprint density at radius 1 is 1.15 bits per heavy atom. The minimum Gasteiger partial charge on any atom is -0.462 e. The van der Waals surface area contributed by atoms with Gasteiger partial charge < -0.3 is 29.2 Å². The van der Waals surface area contributed by atoms with Crippen LogP contribution in [0.3, 0.4) is 0 Å². The van der Waals surface area contributed by atoms with Gasteiger partial charge in [-0.2, -0.15) is 0 Å². The van der Waals surface area contributed by atoms with Gasteiger partial charge in [-0.1, -0.05) is 0 Å². The molecule has 0 spiro atoms. The summed E-state index contributed by atoms with van der Waals surface area (Å²) in [5, 5.41) is 24.2. The monoisotopic (exact) mass is 601 g/mol. The SMILES string of the molecule is CO[C@](CF)(COP(=O)(NC(C)C(=O)OC(C)C)OCOC(=O)OC(C)C)[C@@H](O)[C@@](C)(O)n1ccc(=O)[nH]c1=O. The Bertz CT molecular complexity index is 1150. The van der Waals surface area contributed by atoms with Crippen LogP contribution in [-0.2, 0) is 43.1 Å². The van der Waals surface area contributed by atoms with Crippen LogP contribution in [0.25, 0.3) is 0 Å². The van der Waals surface area contributed by atoms with Crippen LogP contribution in [0.15, 0.2) is 21.9 Å². The molecule has 4 N–H and O–H groups in total. The zero-order chi connectivity index (χ0) is 30.9. The Kier molecular flexibility index (Phi) is 13.1. The third kappa shape index (κ3) is 9.76. The fraction of sp³-hybridized carbons (Fsp3) is 0.727. The molecule has 1 aromatic heterocycles. The molecule has 0 amide bonds. The predicted molar refractivity (Wildman–Crippen MR) is 135 cm³/mol. The van der Waals surface area contributed by atoms with Crippen molar-refractivity contribution in [1.29, 1.82) is 0 Å². The first-order valence-corrected chi connectivity index (χ1v) is 13.5. The first-order valence-electron chi connectivity index (χ1n) is 12.0. The lowest BCUT2D eigenvalue weighted by Crippen LogP contribution is -2.62. The van der Waals surface area contributed by atoms with Gasteiger partial charge in [-0.05, 0) is 41.5 Å². The van der Waals surface area contributed by atoms with Crippen molar-refractivity contribution in [2.75, 3.05) is 27.2 Å². The second kappa shape index (κ2) is 14.8. The number of aliphatic hydroxyl groups is 2. The van der Waals surface area contributed by atoms with Gasteiger partial charge in [-0.25, -0.2) is 23.6 Å². The number of alkyl halides is 1. The van der Waals surface area contributed by atoms with E-state index in [1.54, 1.807) is 27.7 Å². The van der Waals surface area contributed by atoms with Crippen LogP contribution >= 0.6 is 7.75 Å². The van der Waals surface area contributed by atoms with Gasteiger partial charge in [0.25, 0.3) is 5.56 Å². The molecule has 0 radical (unpaired) electrons. The van der Waals surface area contributed by atoms with Crippen molar-refractivity contribution in [3.8, 4) is 0 Å². The van der Waals surface area contributed by atoms with Crippen molar-refractivity contribution in [2.24, 2.45) is 0 Å². The van der Waals surface area contributed by atoms with E-state index >= 15 is 0 Å². The molecule has 0 saturated heterocycles. The van der Waals surface area contributed by atoms with E-state index in [2.05, 4.69) is 9.82 Å². The minimum atomic E-state index is -4.71. The zero-order valence-electron chi connectivity index (χ0n) is 23.2. The highest BCUT2D eigenvalue weighted by atomic mass is 31.2. The molecule has 1 heterocycles. The maximum atomic E-state index is 14.4. The van der Waals surface area contributed by atoms with Crippen LogP contribution in [0.2, 0.25) is 0 Å². The number of methoxy groups -OCH3 is 1. The summed E-state index contributed by atoms with van der Waals surface area (Å²) in [6, 6.07) is -0.456. The maximum Gasteiger partial charge on any atom is 0.510 e. The predicted octanol–water partition coefficient (Wildman–Crippen LogP) is 0.507. The highest BCUT2D eigenvalue weighted by molar-refractivity contribution is 7.51. The Morgan fingerprint density at radius 3 is 2.25 bits per heavy atom. The van der Waals surface area contributed by atoms with Crippen LogP contribution < -0.4 is 16.3 Å². The molecule has 0 aliphatic rings. The van der Waals surface area contributed by atoms with Crippen LogP contribution in [0, 0.1) is 0 Å². The molecule has 5 atom stereocenters. The van der Waals surface area contributed by atoms with Gasteiger partial charge in [0.15, 0.2) is 11.3 Å². The molecule has 2 unspecified atom stereocenters. The van der Waals surface area contributed by atoms with Crippen LogP contribution in [0.1, 0.15) is 41.5 Å². The highest BCUT2D eigenvalue weighted by Crippen LogP contribution is 2.46. The number of carbonyl (C=O) groups is 2. The molecular formula is C22H37FN3O13P. The van der Waals surface area contributed by atoms with E-state index in [1.807, 2.05) is 4.98 Å². The second-order valence-electron chi connectivity index (χ2n) is 9.29. The molecule has 0 bridgehead atoms. The van der Waals surface area contributed by atoms with E-state index in [0.29, 0.717) is 4.57 Å². The Morgan fingerprint density at radius 2 is 1.75 bits per heavy atom. The number of aromatic amines is 1. The summed E-state index contributed by atoms with van der Waals surface area (Å²) in [5.41, 5.74) is -7.05. The van der Waals surface area contributed by atoms with Crippen molar-refractivity contribution in [3.63, 3.8) is 0 Å². The fourth-order valence-corrected chi connectivity index (χ4v) is 4.50. The molecule has 0 aliphatic heterocycles. The number of rotatable bonds is 16. The van der Waals surface area contributed by atoms with E-state index in [1.165, 1.54) is 6.92 Å². The molecule has 0 aromatic carbocycles.